The molecule has 2 heterocycles. The minimum absolute atomic E-state index is 0.0714. The summed E-state index contributed by atoms with van der Waals surface area (Å²) in [6.07, 6.45) is 3.30. The second-order valence-corrected chi connectivity index (χ2v) is 5.31. The van der Waals surface area contributed by atoms with Gasteiger partial charge >= 0.3 is 0 Å². The lowest BCUT2D eigenvalue weighted by Crippen LogP contribution is -2.49. The zero-order chi connectivity index (χ0) is 14.7. The second kappa shape index (κ2) is 6.00. The van der Waals surface area contributed by atoms with Gasteiger partial charge in [-0.25, -0.2) is 0 Å². The average Bonchev–Trinajstić information content (AvgIpc) is 2.46. The molecular formula is C14H20N4O2. The molecule has 4 N–H and O–H groups in total. The van der Waals surface area contributed by atoms with Crippen LogP contribution in [0.5, 0.6) is 0 Å². The fourth-order valence-electron chi connectivity index (χ4n) is 2.57. The first-order valence-electron chi connectivity index (χ1n) is 6.79. The lowest BCUT2D eigenvalue weighted by molar-refractivity contribution is 0.0573. The van der Waals surface area contributed by atoms with Crippen molar-refractivity contribution in [1.29, 1.82) is 0 Å². The van der Waals surface area contributed by atoms with E-state index >= 15 is 0 Å². The monoisotopic (exact) mass is 276 g/mol. The molecule has 2 amide bonds. The fourth-order valence-corrected chi connectivity index (χ4v) is 2.57. The third-order valence-electron chi connectivity index (χ3n) is 3.77. The Kier molecular flexibility index (Phi) is 4.34. The first kappa shape index (κ1) is 14.5. The molecule has 6 heteroatoms. The minimum Gasteiger partial charge on any atom is -0.364 e. The van der Waals surface area contributed by atoms with Crippen LogP contribution in [0.2, 0.25) is 0 Å². The highest BCUT2D eigenvalue weighted by molar-refractivity contribution is 5.96. The average molecular weight is 276 g/mol. The van der Waals surface area contributed by atoms with E-state index in [0.29, 0.717) is 24.6 Å². The molecule has 1 aliphatic heterocycles. The molecule has 0 spiro atoms. The summed E-state index contributed by atoms with van der Waals surface area (Å²) in [4.78, 5) is 29.2. The van der Waals surface area contributed by atoms with E-state index in [2.05, 4.69) is 11.9 Å². The topological polar surface area (TPSA) is 102 Å². The molecule has 0 radical (unpaired) electrons. The molecule has 0 bridgehead atoms. The van der Waals surface area contributed by atoms with Gasteiger partial charge in [0.25, 0.3) is 11.8 Å². The van der Waals surface area contributed by atoms with Crippen molar-refractivity contribution in [3.8, 4) is 0 Å². The zero-order valence-corrected chi connectivity index (χ0v) is 11.6. The Morgan fingerprint density at radius 3 is 2.75 bits per heavy atom. The Hall–Kier alpha value is -1.95. The van der Waals surface area contributed by atoms with E-state index in [1.165, 1.54) is 12.3 Å². The van der Waals surface area contributed by atoms with E-state index in [0.717, 1.165) is 12.8 Å². The molecule has 2 atom stereocenters. The number of amides is 2. The van der Waals surface area contributed by atoms with Gasteiger partial charge in [0.05, 0.1) is 5.56 Å². The molecule has 6 nitrogen and oxygen atoms in total. The molecule has 0 saturated carbocycles. The Bertz CT molecular complexity index is 500. The molecule has 1 saturated heterocycles. The molecular weight excluding hydrogens is 256 g/mol. The van der Waals surface area contributed by atoms with Gasteiger partial charge in [0.15, 0.2) is 0 Å². The van der Waals surface area contributed by atoms with Gasteiger partial charge in [-0.05, 0) is 30.9 Å². The minimum atomic E-state index is -0.601. The van der Waals surface area contributed by atoms with Crippen LogP contribution in [-0.4, -0.2) is 40.8 Å². The first-order valence-corrected chi connectivity index (χ1v) is 6.79. The summed E-state index contributed by atoms with van der Waals surface area (Å²) in [6, 6.07) is 3.13. The van der Waals surface area contributed by atoms with Gasteiger partial charge in [-0.3, -0.25) is 14.6 Å². The predicted octanol–water partition coefficient (Wildman–Crippen LogP) is 0.380. The summed E-state index contributed by atoms with van der Waals surface area (Å²) in [5.41, 5.74) is 11.5. The SMILES string of the molecule is CC1CCN(C(=O)c2ccc(C(N)=O)nc2)C(CN)C1. The van der Waals surface area contributed by atoms with Crippen LogP contribution < -0.4 is 11.5 Å². The smallest absolute Gasteiger partial charge is 0.267 e. The number of likely N-dealkylation sites (tertiary alicyclic amines) is 1. The Morgan fingerprint density at radius 1 is 1.45 bits per heavy atom. The molecule has 1 aromatic rings. The van der Waals surface area contributed by atoms with Crippen LogP contribution in [0.25, 0.3) is 0 Å². The highest BCUT2D eigenvalue weighted by Gasteiger charge is 2.29. The Morgan fingerprint density at radius 2 is 2.20 bits per heavy atom. The Balaban J connectivity index is 2.15. The molecule has 1 aliphatic rings. The lowest BCUT2D eigenvalue weighted by atomic mass is 9.92. The number of primary amides is 1. The maximum atomic E-state index is 12.5. The number of nitrogens with two attached hydrogens (primary N) is 2. The molecule has 0 aromatic carbocycles. The standard InChI is InChI=1S/C14H20N4O2/c1-9-4-5-18(11(6-9)7-15)14(20)10-2-3-12(13(16)19)17-8-10/h2-3,8-9,11H,4-7,15H2,1H3,(H2,16,19). The van der Waals surface area contributed by atoms with Crippen LogP contribution in [-0.2, 0) is 0 Å². The first-order chi connectivity index (χ1) is 9.52. The van der Waals surface area contributed by atoms with Crippen LogP contribution >= 0.6 is 0 Å². The van der Waals surface area contributed by atoms with Gasteiger partial charge in [0.2, 0.25) is 0 Å². The number of pyridine rings is 1. The fraction of sp³-hybridized carbons (Fsp3) is 0.500. The maximum Gasteiger partial charge on any atom is 0.267 e. The van der Waals surface area contributed by atoms with Crippen molar-refractivity contribution in [3.63, 3.8) is 0 Å². The van der Waals surface area contributed by atoms with Crippen LogP contribution in [0.15, 0.2) is 18.3 Å². The molecule has 2 rings (SSSR count). The van der Waals surface area contributed by atoms with E-state index < -0.39 is 5.91 Å². The van der Waals surface area contributed by atoms with Crippen LogP contribution in [0.4, 0.5) is 0 Å². The molecule has 0 aliphatic carbocycles. The molecule has 1 fully saturated rings. The van der Waals surface area contributed by atoms with E-state index in [4.69, 9.17) is 11.5 Å². The van der Waals surface area contributed by atoms with Crippen molar-refractivity contribution >= 4 is 11.8 Å². The summed E-state index contributed by atoms with van der Waals surface area (Å²) in [5.74, 6) is -0.102. The number of hydrogen-bond donors (Lipinski definition) is 2. The van der Waals surface area contributed by atoms with Crippen molar-refractivity contribution in [2.45, 2.75) is 25.8 Å². The lowest BCUT2D eigenvalue weighted by Gasteiger charge is -2.38. The number of nitrogens with zero attached hydrogens (tertiary/aromatic N) is 2. The van der Waals surface area contributed by atoms with Gasteiger partial charge < -0.3 is 16.4 Å². The van der Waals surface area contributed by atoms with Crippen LogP contribution in [0.3, 0.4) is 0 Å². The number of carbonyl (C=O) groups excluding carboxylic acids is 2. The third-order valence-corrected chi connectivity index (χ3v) is 3.77. The number of carbonyl (C=O) groups is 2. The number of hydrogen-bond acceptors (Lipinski definition) is 4. The van der Waals surface area contributed by atoms with E-state index in [9.17, 15) is 9.59 Å². The van der Waals surface area contributed by atoms with Crippen LogP contribution in [0.1, 0.15) is 40.6 Å². The number of aromatic nitrogens is 1. The van der Waals surface area contributed by atoms with Gasteiger partial charge in [-0.1, -0.05) is 6.92 Å². The highest BCUT2D eigenvalue weighted by Crippen LogP contribution is 2.23. The quantitative estimate of drug-likeness (QED) is 0.833. The Labute approximate surface area is 118 Å². The van der Waals surface area contributed by atoms with Gasteiger partial charge in [-0.15, -0.1) is 0 Å². The van der Waals surface area contributed by atoms with E-state index in [1.54, 1.807) is 11.0 Å². The molecule has 1 aromatic heterocycles. The summed E-state index contributed by atoms with van der Waals surface area (Å²) in [6.45, 7) is 3.34. The van der Waals surface area contributed by atoms with E-state index in [-0.39, 0.29) is 17.6 Å². The maximum absolute atomic E-state index is 12.5. The van der Waals surface area contributed by atoms with Gasteiger partial charge in [0.1, 0.15) is 5.69 Å². The molecule has 20 heavy (non-hydrogen) atoms. The summed E-state index contributed by atoms with van der Waals surface area (Å²) in [5, 5.41) is 0. The van der Waals surface area contributed by atoms with E-state index in [1.807, 2.05) is 0 Å². The third kappa shape index (κ3) is 2.96. The van der Waals surface area contributed by atoms with Crippen molar-refractivity contribution in [3.05, 3.63) is 29.6 Å². The van der Waals surface area contributed by atoms with Crippen molar-refractivity contribution < 1.29 is 9.59 Å². The molecule has 108 valence electrons. The zero-order valence-electron chi connectivity index (χ0n) is 11.6. The summed E-state index contributed by atoms with van der Waals surface area (Å²) >= 11 is 0. The van der Waals surface area contributed by atoms with Crippen molar-refractivity contribution in [1.82, 2.24) is 9.88 Å². The number of piperidine rings is 1. The second-order valence-electron chi connectivity index (χ2n) is 5.31. The van der Waals surface area contributed by atoms with Gasteiger partial charge in [0, 0.05) is 25.3 Å². The number of rotatable bonds is 3. The largest absolute Gasteiger partial charge is 0.364 e. The highest BCUT2D eigenvalue weighted by atomic mass is 16.2. The van der Waals surface area contributed by atoms with Crippen molar-refractivity contribution in [2.24, 2.45) is 17.4 Å². The summed E-state index contributed by atoms with van der Waals surface area (Å²) in [7, 11) is 0. The predicted molar refractivity (Wildman–Crippen MR) is 75.0 cm³/mol. The van der Waals surface area contributed by atoms with Gasteiger partial charge in [-0.2, -0.15) is 0 Å². The van der Waals surface area contributed by atoms with Crippen LogP contribution in [0, 0.1) is 5.92 Å². The normalized spacial score (nSPS) is 22.6. The van der Waals surface area contributed by atoms with Crippen molar-refractivity contribution in [2.75, 3.05) is 13.1 Å². The summed E-state index contributed by atoms with van der Waals surface area (Å²) < 4.78 is 0. The molecule has 2 unspecified atom stereocenters.